The van der Waals surface area contributed by atoms with Crippen LogP contribution >= 0.6 is 0 Å². The third-order valence-electron chi connectivity index (χ3n) is 6.39. The summed E-state index contributed by atoms with van der Waals surface area (Å²) in [6, 6.07) is 16.4. The van der Waals surface area contributed by atoms with E-state index < -0.39 is 11.7 Å². The number of carbonyl (C=O) groups excluding carboxylic acids is 1. The number of ether oxygens (including phenoxy) is 1. The summed E-state index contributed by atoms with van der Waals surface area (Å²) in [6.45, 7) is 8.34. The number of alkyl halides is 3. The van der Waals surface area contributed by atoms with Gasteiger partial charge in [0.15, 0.2) is 5.84 Å². The molecule has 10 heteroatoms. The monoisotopic (exact) mass is 539 g/mol. The first-order valence-electron chi connectivity index (χ1n) is 12.7. The highest BCUT2D eigenvalue weighted by Crippen LogP contribution is 2.36. The number of hydrogen-bond acceptors (Lipinski definition) is 6. The standard InChI is InChI=1S/C29H32F3N5O2/c1-17(2)13-25(20-5-7-22(8-6-20)28(38)33-16-26-34-36-37-35-26)39-24-14-18(3)27(19(4)15-24)21-9-11-23(12-10-21)29(30,31)32/h5-12,14-15,17,25,36-37H,13,16H2,1-4H3,(H,33,38)(H,34,35). The Morgan fingerprint density at radius 3 is 2.18 bits per heavy atom. The molecule has 4 N–H and O–H groups in total. The predicted octanol–water partition coefficient (Wildman–Crippen LogP) is 5.81. The van der Waals surface area contributed by atoms with Gasteiger partial charge in [0.25, 0.3) is 5.91 Å². The van der Waals surface area contributed by atoms with E-state index >= 15 is 0 Å². The average Bonchev–Trinajstić information content (AvgIpc) is 3.40. The third-order valence-corrected chi connectivity index (χ3v) is 6.39. The SMILES string of the molecule is Cc1cc(OC(CC(C)C)c2ccc(C(=O)NCC3=NNNN3)cc2)cc(C)c1-c1ccc(C(F)(F)F)cc1. The molecule has 3 aromatic rings. The summed E-state index contributed by atoms with van der Waals surface area (Å²) >= 11 is 0. The number of hydrazine groups is 2. The van der Waals surface area contributed by atoms with Gasteiger partial charge in [-0.05, 0) is 90.4 Å². The molecule has 0 spiro atoms. The van der Waals surface area contributed by atoms with Crippen LogP contribution in [-0.4, -0.2) is 18.3 Å². The molecule has 0 saturated carbocycles. The number of amides is 1. The summed E-state index contributed by atoms with van der Waals surface area (Å²) < 4.78 is 45.4. The molecule has 1 atom stereocenters. The molecule has 1 aliphatic rings. The van der Waals surface area contributed by atoms with Gasteiger partial charge < -0.3 is 10.1 Å². The number of nitrogens with zero attached hydrogens (tertiary/aromatic N) is 1. The number of aryl methyl sites for hydroxylation is 2. The summed E-state index contributed by atoms with van der Waals surface area (Å²) in [5.74, 6) is 1.39. The number of nitrogens with one attached hydrogen (secondary N) is 4. The zero-order valence-electron chi connectivity index (χ0n) is 22.2. The maximum atomic E-state index is 13.0. The minimum absolute atomic E-state index is 0.218. The first kappa shape index (κ1) is 28.0. The first-order valence-corrected chi connectivity index (χ1v) is 12.7. The third kappa shape index (κ3) is 7.08. The van der Waals surface area contributed by atoms with Gasteiger partial charge in [0.2, 0.25) is 0 Å². The Kier molecular flexibility index (Phi) is 8.44. The van der Waals surface area contributed by atoms with Crippen LogP contribution in [0, 0.1) is 19.8 Å². The minimum atomic E-state index is -4.37. The maximum absolute atomic E-state index is 13.0. The van der Waals surface area contributed by atoms with E-state index in [1.165, 1.54) is 12.1 Å². The molecule has 0 radical (unpaired) electrons. The lowest BCUT2D eigenvalue weighted by molar-refractivity contribution is -0.137. The van der Waals surface area contributed by atoms with Gasteiger partial charge in [0.1, 0.15) is 11.9 Å². The molecule has 1 aliphatic heterocycles. The van der Waals surface area contributed by atoms with Crippen LogP contribution in [0.15, 0.2) is 65.8 Å². The van der Waals surface area contributed by atoms with E-state index in [0.29, 0.717) is 23.1 Å². The number of hydrogen-bond donors (Lipinski definition) is 4. The van der Waals surface area contributed by atoms with Gasteiger partial charge in [-0.1, -0.05) is 38.1 Å². The number of carbonyl (C=O) groups is 1. The normalized spacial score (nSPS) is 13.9. The lowest BCUT2D eigenvalue weighted by Crippen LogP contribution is -2.40. The highest BCUT2D eigenvalue weighted by molar-refractivity contribution is 5.97. The fraction of sp³-hybridized carbons (Fsp3) is 0.310. The van der Waals surface area contributed by atoms with Gasteiger partial charge >= 0.3 is 6.18 Å². The molecule has 7 nitrogen and oxygen atoms in total. The molecular formula is C29H32F3N5O2. The molecule has 0 aromatic heterocycles. The van der Waals surface area contributed by atoms with Crippen LogP contribution in [0.1, 0.15) is 59.0 Å². The van der Waals surface area contributed by atoms with Crippen molar-refractivity contribution < 1.29 is 22.7 Å². The van der Waals surface area contributed by atoms with E-state index in [9.17, 15) is 18.0 Å². The maximum Gasteiger partial charge on any atom is 0.416 e. The van der Waals surface area contributed by atoms with Crippen molar-refractivity contribution in [2.75, 3.05) is 6.54 Å². The Morgan fingerprint density at radius 1 is 1.00 bits per heavy atom. The molecule has 0 fully saturated rings. The fourth-order valence-electron chi connectivity index (χ4n) is 4.54. The van der Waals surface area contributed by atoms with Crippen LogP contribution in [0.25, 0.3) is 11.1 Å². The zero-order valence-corrected chi connectivity index (χ0v) is 22.2. The van der Waals surface area contributed by atoms with Crippen LogP contribution < -0.4 is 26.5 Å². The van der Waals surface area contributed by atoms with Crippen LogP contribution in [0.5, 0.6) is 5.75 Å². The van der Waals surface area contributed by atoms with E-state index in [0.717, 1.165) is 46.4 Å². The fourth-order valence-corrected chi connectivity index (χ4v) is 4.54. The van der Waals surface area contributed by atoms with Gasteiger partial charge in [0.05, 0.1) is 12.1 Å². The highest BCUT2D eigenvalue weighted by atomic mass is 19.4. The van der Waals surface area contributed by atoms with E-state index in [-0.39, 0.29) is 18.6 Å². The second-order valence-corrected chi connectivity index (χ2v) is 9.97. The van der Waals surface area contributed by atoms with Crippen molar-refractivity contribution in [3.05, 3.63) is 88.5 Å². The predicted molar refractivity (Wildman–Crippen MR) is 145 cm³/mol. The second kappa shape index (κ2) is 11.8. The Morgan fingerprint density at radius 2 is 1.64 bits per heavy atom. The number of rotatable bonds is 9. The van der Waals surface area contributed by atoms with E-state index in [1.54, 1.807) is 12.1 Å². The number of halogens is 3. The molecule has 206 valence electrons. The topological polar surface area (TPSA) is 86.8 Å². The second-order valence-electron chi connectivity index (χ2n) is 9.97. The van der Waals surface area contributed by atoms with Gasteiger partial charge in [-0.25, -0.2) is 5.53 Å². The van der Waals surface area contributed by atoms with Crippen LogP contribution in [0.2, 0.25) is 0 Å². The molecule has 4 rings (SSSR count). The van der Waals surface area contributed by atoms with E-state index in [1.807, 2.05) is 38.1 Å². The van der Waals surface area contributed by atoms with Crippen LogP contribution in [-0.2, 0) is 6.18 Å². The lowest BCUT2D eigenvalue weighted by atomic mass is 9.94. The molecule has 0 bridgehead atoms. The molecule has 1 amide bonds. The van der Waals surface area contributed by atoms with Crippen molar-refractivity contribution in [2.45, 2.75) is 46.4 Å². The van der Waals surface area contributed by atoms with Crippen molar-refractivity contribution in [2.24, 2.45) is 11.0 Å². The molecule has 1 unspecified atom stereocenters. The van der Waals surface area contributed by atoms with Gasteiger partial charge in [-0.15, -0.1) is 10.6 Å². The molecule has 3 aromatic carbocycles. The summed E-state index contributed by atoms with van der Waals surface area (Å²) in [6.07, 6.45) is -3.85. The van der Waals surface area contributed by atoms with Gasteiger partial charge in [0, 0.05) is 5.56 Å². The smallest absolute Gasteiger partial charge is 0.416 e. The van der Waals surface area contributed by atoms with Crippen molar-refractivity contribution in [1.82, 2.24) is 21.8 Å². The summed E-state index contributed by atoms with van der Waals surface area (Å²) in [7, 11) is 0. The van der Waals surface area contributed by atoms with Crippen molar-refractivity contribution in [3.63, 3.8) is 0 Å². The number of benzene rings is 3. The minimum Gasteiger partial charge on any atom is -0.486 e. The van der Waals surface area contributed by atoms with Crippen LogP contribution in [0.3, 0.4) is 0 Å². The number of amidine groups is 1. The van der Waals surface area contributed by atoms with Crippen molar-refractivity contribution in [1.29, 1.82) is 0 Å². The first-order chi connectivity index (χ1) is 18.5. The molecule has 1 heterocycles. The Labute approximate surface area is 225 Å². The Bertz CT molecular complexity index is 1310. The summed E-state index contributed by atoms with van der Waals surface area (Å²) in [5, 5.41) is 6.73. The molecule has 39 heavy (non-hydrogen) atoms. The summed E-state index contributed by atoms with van der Waals surface area (Å²) in [5.41, 5.74) is 12.1. The Balaban J connectivity index is 1.50. The zero-order chi connectivity index (χ0) is 28.2. The van der Waals surface area contributed by atoms with Crippen molar-refractivity contribution in [3.8, 4) is 16.9 Å². The summed E-state index contributed by atoms with van der Waals surface area (Å²) in [4.78, 5) is 12.5. The van der Waals surface area contributed by atoms with E-state index in [4.69, 9.17) is 4.74 Å². The Hall–Kier alpha value is -4.05. The van der Waals surface area contributed by atoms with Gasteiger partial charge in [-0.3, -0.25) is 10.2 Å². The molecular weight excluding hydrogens is 507 g/mol. The molecule has 0 saturated heterocycles. The average molecular weight is 540 g/mol. The van der Waals surface area contributed by atoms with E-state index in [2.05, 4.69) is 40.8 Å². The van der Waals surface area contributed by atoms with Crippen LogP contribution in [0.4, 0.5) is 13.2 Å². The highest BCUT2D eigenvalue weighted by Gasteiger charge is 2.30. The van der Waals surface area contributed by atoms with Crippen molar-refractivity contribution >= 4 is 11.7 Å². The van der Waals surface area contributed by atoms with Gasteiger partial charge in [-0.2, -0.15) is 13.2 Å². The molecule has 0 aliphatic carbocycles. The quantitative estimate of drug-likeness (QED) is 0.276. The number of hydrazone groups is 1. The lowest BCUT2D eigenvalue weighted by Gasteiger charge is -2.23. The largest absolute Gasteiger partial charge is 0.486 e.